The van der Waals surface area contributed by atoms with Crippen LogP contribution in [0.15, 0.2) is 29.2 Å². The van der Waals surface area contributed by atoms with Gasteiger partial charge in [0.2, 0.25) is 10.0 Å². The Morgan fingerprint density at radius 2 is 1.96 bits per heavy atom. The van der Waals surface area contributed by atoms with Crippen LogP contribution in [0.4, 0.5) is 0 Å². The molecule has 0 aliphatic rings. The highest BCUT2D eigenvalue weighted by molar-refractivity contribution is 7.89. The Balaban J connectivity index is 2.91. The molecular weight excluding hydrogens is 322 g/mol. The normalized spacial score (nSPS) is 12.9. The predicted molar refractivity (Wildman–Crippen MR) is 83.6 cm³/mol. The molecule has 128 valence electrons. The van der Waals surface area contributed by atoms with Crippen molar-refractivity contribution in [3.05, 3.63) is 29.8 Å². The number of hydrogen-bond donors (Lipinski definition) is 2. The van der Waals surface area contributed by atoms with Gasteiger partial charge < -0.3 is 9.84 Å². The lowest BCUT2D eigenvalue weighted by molar-refractivity contribution is -0.142. The zero-order valence-corrected chi connectivity index (χ0v) is 14.1. The van der Waals surface area contributed by atoms with E-state index in [4.69, 9.17) is 5.11 Å². The number of sulfonamides is 1. The Kier molecular flexibility index (Phi) is 6.71. The summed E-state index contributed by atoms with van der Waals surface area (Å²) in [5.74, 6) is -2.38. The average molecular weight is 343 g/mol. The third-order valence-corrected chi connectivity index (χ3v) is 4.61. The minimum atomic E-state index is -3.91. The van der Waals surface area contributed by atoms with Gasteiger partial charge >= 0.3 is 11.9 Å². The Bertz CT molecular complexity index is 668. The van der Waals surface area contributed by atoms with Crippen LogP contribution in [0.2, 0.25) is 0 Å². The summed E-state index contributed by atoms with van der Waals surface area (Å²) < 4.78 is 31.3. The van der Waals surface area contributed by atoms with Crippen molar-refractivity contribution in [1.82, 2.24) is 4.72 Å². The molecule has 7 nitrogen and oxygen atoms in total. The van der Waals surface area contributed by atoms with Gasteiger partial charge in [0.1, 0.15) is 0 Å². The number of hydrogen-bond acceptors (Lipinski definition) is 5. The fourth-order valence-electron chi connectivity index (χ4n) is 2.04. The van der Waals surface area contributed by atoms with Crippen molar-refractivity contribution >= 4 is 22.0 Å². The van der Waals surface area contributed by atoms with Crippen LogP contribution < -0.4 is 4.72 Å². The largest absolute Gasteiger partial charge is 0.481 e. The molecule has 0 saturated carbocycles. The van der Waals surface area contributed by atoms with E-state index < -0.39 is 27.9 Å². The summed E-state index contributed by atoms with van der Waals surface area (Å²) in [7, 11) is -2.71. The minimum absolute atomic E-state index is 0.104. The molecule has 1 aromatic rings. The number of rotatable bonds is 8. The second-order valence-corrected chi connectivity index (χ2v) is 7.30. The van der Waals surface area contributed by atoms with E-state index in [1.807, 2.05) is 13.8 Å². The fraction of sp³-hybridized carbons (Fsp3) is 0.467. The van der Waals surface area contributed by atoms with Crippen molar-refractivity contribution < 1.29 is 27.9 Å². The summed E-state index contributed by atoms with van der Waals surface area (Å²) >= 11 is 0. The van der Waals surface area contributed by atoms with Crippen LogP contribution in [-0.2, 0) is 19.6 Å². The highest BCUT2D eigenvalue weighted by atomic mass is 32.2. The van der Waals surface area contributed by atoms with Gasteiger partial charge in [0.15, 0.2) is 0 Å². The summed E-state index contributed by atoms with van der Waals surface area (Å²) in [5, 5.41) is 9.14. The van der Waals surface area contributed by atoms with Crippen LogP contribution in [0, 0.1) is 11.8 Å². The van der Waals surface area contributed by atoms with Crippen molar-refractivity contribution in [2.75, 3.05) is 13.7 Å². The number of carbonyl (C=O) groups excluding carboxylic acids is 1. The Labute approximate surface area is 135 Å². The van der Waals surface area contributed by atoms with Gasteiger partial charge in [-0.15, -0.1) is 0 Å². The number of aliphatic carboxylic acids is 1. The van der Waals surface area contributed by atoms with Crippen LogP contribution in [0.3, 0.4) is 0 Å². The molecule has 1 aromatic carbocycles. The molecule has 0 heterocycles. The van der Waals surface area contributed by atoms with Crippen molar-refractivity contribution in [3.63, 3.8) is 0 Å². The molecule has 1 atom stereocenters. The fourth-order valence-corrected chi connectivity index (χ4v) is 3.17. The molecule has 0 aromatic heterocycles. The Morgan fingerprint density at radius 3 is 2.48 bits per heavy atom. The number of nitrogens with one attached hydrogen (secondary N) is 1. The van der Waals surface area contributed by atoms with E-state index in [0.717, 1.165) is 0 Å². The molecule has 0 radical (unpaired) electrons. The number of carboxylic acid groups (broad SMARTS) is 1. The second kappa shape index (κ2) is 8.07. The van der Waals surface area contributed by atoms with Gasteiger partial charge in [-0.05, 0) is 30.5 Å². The maximum absolute atomic E-state index is 12.3. The lowest BCUT2D eigenvalue weighted by atomic mass is 9.98. The summed E-state index contributed by atoms with van der Waals surface area (Å²) in [5.41, 5.74) is 0.104. The number of benzene rings is 1. The summed E-state index contributed by atoms with van der Waals surface area (Å²) in [6.07, 6.45) is 0.361. The van der Waals surface area contributed by atoms with Gasteiger partial charge in [0.05, 0.1) is 23.5 Å². The first-order valence-electron chi connectivity index (χ1n) is 7.08. The number of ether oxygens (including phenoxy) is 1. The van der Waals surface area contributed by atoms with Gasteiger partial charge in [-0.1, -0.05) is 19.9 Å². The van der Waals surface area contributed by atoms with E-state index in [1.165, 1.54) is 31.4 Å². The van der Waals surface area contributed by atoms with Gasteiger partial charge in [0, 0.05) is 6.54 Å². The van der Waals surface area contributed by atoms with Gasteiger partial charge in [-0.25, -0.2) is 17.9 Å². The number of methoxy groups -OCH3 is 1. The van der Waals surface area contributed by atoms with Crippen LogP contribution in [0.1, 0.15) is 30.6 Å². The van der Waals surface area contributed by atoms with Gasteiger partial charge in [-0.3, -0.25) is 4.79 Å². The minimum Gasteiger partial charge on any atom is -0.481 e. The third kappa shape index (κ3) is 5.65. The molecule has 0 aliphatic heterocycles. The van der Waals surface area contributed by atoms with Crippen molar-refractivity contribution in [1.29, 1.82) is 0 Å². The van der Waals surface area contributed by atoms with Crippen molar-refractivity contribution in [3.8, 4) is 0 Å². The lowest BCUT2D eigenvalue weighted by Crippen LogP contribution is -2.33. The Morgan fingerprint density at radius 1 is 1.30 bits per heavy atom. The summed E-state index contributed by atoms with van der Waals surface area (Å²) in [6, 6.07) is 5.37. The number of carboxylic acids is 1. The van der Waals surface area contributed by atoms with E-state index in [-0.39, 0.29) is 22.9 Å². The number of esters is 1. The average Bonchev–Trinajstić information content (AvgIpc) is 2.50. The zero-order valence-electron chi connectivity index (χ0n) is 13.3. The van der Waals surface area contributed by atoms with Crippen molar-refractivity contribution in [2.24, 2.45) is 11.8 Å². The topological polar surface area (TPSA) is 110 Å². The molecule has 0 saturated heterocycles. The molecule has 23 heavy (non-hydrogen) atoms. The summed E-state index contributed by atoms with van der Waals surface area (Å²) in [4.78, 5) is 22.5. The lowest BCUT2D eigenvalue weighted by Gasteiger charge is -2.15. The van der Waals surface area contributed by atoms with Gasteiger partial charge in [-0.2, -0.15) is 0 Å². The molecule has 0 aliphatic carbocycles. The maximum atomic E-state index is 12.3. The smallest absolute Gasteiger partial charge is 0.337 e. The van der Waals surface area contributed by atoms with Crippen molar-refractivity contribution in [2.45, 2.75) is 25.2 Å². The monoisotopic (exact) mass is 343 g/mol. The molecule has 0 spiro atoms. The zero-order chi connectivity index (χ0) is 17.6. The van der Waals surface area contributed by atoms with Crippen LogP contribution in [-0.4, -0.2) is 39.1 Å². The van der Waals surface area contributed by atoms with E-state index in [1.54, 1.807) is 0 Å². The molecule has 8 heteroatoms. The van der Waals surface area contributed by atoms with E-state index in [2.05, 4.69) is 9.46 Å². The van der Waals surface area contributed by atoms with E-state index in [9.17, 15) is 18.0 Å². The SMILES string of the molecule is COC(=O)c1cccc(S(=O)(=O)NCC(CC(C)C)C(=O)O)c1. The predicted octanol–water partition coefficient (Wildman–Crippen LogP) is 1.50. The highest BCUT2D eigenvalue weighted by Gasteiger charge is 2.23. The molecular formula is C15H21NO6S. The molecule has 1 rings (SSSR count). The third-order valence-electron chi connectivity index (χ3n) is 3.19. The standard InChI is InChI=1S/C15H21NO6S/c1-10(2)7-12(14(17)18)9-16-23(20,21)13-6-4-5-11(8-13)15(19)22-3/h4-6,8,10,12,16H,7,9H2,1-3H3,(H,17,18). The quantitative estimate of drug-likeness (QED) is 0.692. The Hall–Kier alpha value is -1.93. The highest BCUT2D eigenvalue weighted by Crippen LogP contribution is 2.15. The molecule has 0 fully saturated rings. The molecule has 0 amide bonds. The molecule has 1 unspecified atom stereocenters. The summed E-state index contributed by atoms with van der Waals surface area (Å²) in [6.45, 7) is 3.52. The maximum Gasteiger partial charge on any atom is 0.337 e. The molecule has 2 N–H and O–H groups in total. The first-order valence-corrected chi connectivity index (χ1v) is 8.56. The van der Waals surface area contributed by atoms with Crippen LogP contribution in [0.5, 0.6) is 0 Å². The first-order chi connectivity index (χ1) is 10.7. The van der Waals surface area contributed by atoms with Crippen LogP contribution in [0.25, 0.3) is 0 Å². The first kappa shape index (κ1) is 19.1. The second-order valence-electron chi connectivity index (χ2n) is 5.54. The molecule has 0 bridgehead atoms. The number of carbonyl (C=O) groups is 2. The van der Waals surface area contributed by atoms with E-state index >= 15 is 0 Å². The van der Waals surface area contributed by atoms with E-state index in [0.29, 0.717) is 6.42 Å². The van der Waals surface area contributed by atoms with Crippen LogP contribution >= 0.6 is 0 Å². The van der Waals surface area contributed by atoms with Gasteiger partial charge in [0.25, 0.3) is 0 Å².